The normalized spacial score (nSPS) is 11.2. The number of nitro groups is 1. The van der Waals surface area contributed by atoms with Crippen LogP contribution < -0.4 is 4.74 Å². The number of methoxy groups -OCH3 is 1. The lowest BCUT2D eigenvalue weighted by molar-refractivity contribution is -0.384. The molecule has 0 aliphatic heterocycles. The first-order valence-electron chi connectivity index (χ1n) is 6.42. The second-order valence-corrected chi connectivity index (χ2v) is 4.74. The largest absolute Gasteiger partial charge is 0.496 e. The number of ether oxygens (including phenoxy) is 1. The van der Waals surface area contributed by atoms with Gasteiger partial charge >= 0.3 is 12.1 Å². The van der Waals surface area contributed by atoms with Crippen molar-refractivity contribution in [3.8, 4) is 16.9 Å². The molecule has 0 fully saturated rings. The minimum Gasteiger partial charge on any atom is -0.496 e. The standard InChI is InChI=1S/C15H10F3NO5/c1-24-13-3-2-8(7-12(13)15(16,17)18)9-4-10(14(20)21)6-11(5-9)19(22)23/h2-7H,1H3,(H,20,21). The minimum atomic E-state index is -4.70. The molecule has 0 heterocycles. The van der Waals surface area contributed by atoms with Gasteiger partial charge < -0.3 is 9.84 Å². The Bertz CT molecular complexity index is 785. The van der Waals surface area contributed by atoms with Gasteiger partial charge in [0.05, 0.1) is 23.2 Å². The molecule has 0 unspecified atom stereocenters. The van der Waals surface area contributed by atoms with Crippen molar-refractivity contribution >= 4 is 11.7 Å². The third-order valence-electron chi connectivity index (χ3n) is 3.21. The molecule has 6 nitrogen and oxygen atoms in total. The molecule has 0 saturated carbocycles. The summed E-state index contributed by atoms with van der Waals surface area (Å²) in [6, 6.07) is 5.99. The van der Waals surface area contributed by atoms with Crippen LogP contribution in [0, 0.1) is 10.1 Å². The molecule has 1 N–H and O–H groups in total. The summed E-state index contributed by atoms with van der Waals surface area (Å²) in [7, 11) is 1.08. The predicted octanol–water partition coefficient (Wildman–Crippen LogP) is 3.99. The van der Waals surface area contributed by atoms with E-state index in [0.717, 1.165) is 37.4 Å². The Morgan fingerprint density at radius 3 is 2.33 bits per heavy atom. The van der Waals surface area contributed by atoms with Crippen LogP contribution in [0.4, 0.5) is 18.9 Å². The number of hydrogen-bond acceptors (Lipinski definition) is 4. The number of carbonyl (C=O) groups is 1. The zero-order valence-electron chi connectivity index (χ0n) is 12.1. The number of nitrogens with zero attached hydrogens (tertiary/aromatic N) is 1. The highest BCUT2D eigenvalue weighted by Gasteiger charge is 2.34. The van der Waals surface area contributed by atoms with Crippen molar-refractivity contribution in [3.05, 3.63) is 57.6 Å². The average molecular weight is 341 g/mol. The summed E-state index contributed by atoms with van der Waals surface area (Å²) in [4.78, 5) is 21.1. The molecule has 0 saturated heterocycles. The predicted molar refractivity (Wildman–Crippen MR) is 77.0 cm³/mol. The van der Waals surface area contributed by atoms with Gasteiger partial charge in [0.15, 0.2) is 0 Å². The first kappa shape index (κ1) is 17.3. The summed E-state index contributed by atoms with van der Waals surface area (Å²) < 4.78 is 43.9. The van der Waals surface area contributed by atoms with Crippen molar-refractivity contribution in [2.75, 3.05) is 7.11 Å². The number of carboxylic acid groups (broad SMARTS) is 1. The van der Waals surface area contributed by atoms with E-state index >= 15 is 0 Å². The van der Waals surface area contributed by atoms with Gasteiger partial charge in [0.2, 0.25) is 0 Å². The number of hydrogen-bond donors (Lipinski definition) is 1. The molecule has 2 rings (SSSR count). The smallest absolute Gasteiger partial charge is 0.419 e. The fourth-order valence-electron chi connectivity index (χ4n) is 2.12. The van der Waals surface area contributed by atoms with Gasteiger partial charge in [-0.3, -0.25) is 10.1 Å². The minimum absolute atomic E-state index is 0.0187. The molecule has 2 aromatic rings. The monoisotopic (exact) mass is 341 g/mol. The maximum atomic E-state index is 13.1. The Morgan fingerprint density at radius 1 is 1.17 bits per heavy atom. The molecule has 0 radical (unpaired) electrons. The number of non-ortho nitro benzene ring substituents is 1. The lowest BCUT2D eigenvalue weighted by Gasteiger charge is -2.13. The molecule has 0 bridgehead atoms. The lowest BCUT2D eigenvalue weighted by Crippen LogP contribution is -2.07. The fourth-order valence-corrected chi connectivity index (χ4v) is 2.12. The Morgan fingerprint density at radius 2 is 1.83 bits per heavy atom. The van der Waals surface area contributed by atoms with Crippen LogP contribution in [0.1, 0.15) is 15.9 Å². The van der Waals surface area contributed by atoms with Gasteiger partial charge in [0.25, 0.3) is 5.69 Å². The van der Waals surface area contributed by atoms with Crippen molar-refractivity contribution in [1.82, 2.24) is 0 Å². The number of carboxylic acids is 1. The van der Waals surface area contributed by atoms with E-state index in [2.05, 4.69) is 4.74 Å². The van der Waals surface area contributed by atoms with E-state index in [0.29, 0.717) is 0 Å². The van der Waals surface area contributed by atoms with Gasteiger partial charge in [-0.2, -0.15) is 13.2 Å². The van der Waals surface area contributed by atoms with Gasteiger partial charge in [0.1, 0.15) is 5.75 Å². The summed E-state index contributed by atoms with van der Waals surface area (Å²) in [6.07, 6.45) is -4.70. The maximum Gasteiger partial charge on any atom is 0.419 e. The molecular weight excluding hydrogens is 331 g/mol. The molecule has 0 atom stereocenters. The topological polar surface area (TPSA) is 89.7 Å². The van der Waals surface area contributed by atoms with Crippen LogP contribution >= 0.6 is 0 Å². The van der Waals surface area contributed by atoms with Gasteiger partial charge in [0, 0.05) is 12.1 Å². The molecule has 24 heavy (non-hydrogen) atoms. The van der Waals surface area contributed by atoms with E-state index in [4.69, 9.17) is 5.11 Å². The SMILES string of the molecule is COc1ccc(-c2cc(C(=O)O)cc([N+](=O)[O-])c2)cc1C(F)(F)F. The first-order valence-corrected chi connectivity index (χ1v) is 6.42. The fraction of sp³-hybridized carbons (Fsp3) is 0.133. The maximum absolute atomic E-state index is 13.1. The van der Waals surface area contributed by atoms with Crippen LogP contribution in [0.15, 0.2) is 36.4 Å². The molecule has 126 valence electrons. The molecule has 2 aromatic carbocycles. The van der Waals surface area contributed by atoms with E-state index < -0.39 is 39.6 Å². The zero-order valence-corrected chi connectivity index (χ0v) is 12.1. The van der Waals surface area contributed by atoms with E-state index in [9.17, 15) is 28.1 Å². The third kappa shape index (κ3) is 3.45. The summed E-state index contributed by atoms with van der Waals surface area (Å²) in [5.74, 6) is -1.83. The van der Waals surface area contributed by atoms with Gasteiger partial charge in [-0.15, -0.1) is 0 Å². The van der Waals surface area contributed by atoms with Crippen molar-refractivity contribution < 1.29 is 32.7 Å². The van der Waals surface area contributed by atoms with Crippen LogP contribution in [0.2, 0.25) is 0 Å². The number of benzene rings is 2. The lowest BCUT2D eigenvalue weighted by atomic mass is 9.99. The van der Waals surface area contributed by atoms with Crippen molar-refractivity contribution in [1.29, 1.82) is 0 Å². The van der Waals surface area contributed by atoms with Crippen molar-refractivity contribution in [3.63, 3.8) is 0 Å². The van der Waals surface area contributed by atoms with Crippen molar-refractivity contribution in [2.45, 2.75) is 6.18 Å². The first-order chi connectivity index (χ1) is 11.1. The quantitative estimate of drug-likeness (QED) is 0.671. The van der Waals surface area contributed by atoms with E-state index in [1.807, 2.05) is 0 Å². The van der Waals surface area contributed by atoms with Crippen LogP contribution in [-0.2, 0) is 6.18 Å². The van der Waals surface area contributed by atoms with Crippen LogP contribution in [0.3, 0.4) is 0 Å². The summed E-state index contributed by atoms with van der Waals surface area (Å²) in [5.41, 5.74) is -2.03. The Hall–Kier alpha value is -3.10. The second-order valence-electron chi connectivity index (χ2n) is 4.74. The van der Waals surface area contributed by atoms with Crippen molar-refractivity contribution in [2.24, 2.45) is 0 Å². The summed E-state index contributed by atoms with van der Waals surface area (Å²) in [6.45, 7) is 0. The van der Waals surface area contributed by atoms with Gasteiger partial charge in [-0.1, -0.05) is 6.07 Å². The molecule has 0 amide bonds. The van der Waals surface area contributed by atoms with Crippen LogP contribution in [0.25, 0.3) is 11.1 Å². The van der Waals surface area contributed by atoms with Gasteiger partial charge in [-0.25, -0.2) is 4.79 Å². The second kappa shape index (κ2) is 6.19. The highest BCUT2D eigenvalue weighted by atomic mass is 19.4. The summed E-state index contributed by atoms with van der Waals surface area (Å²) >= 11 is 0. The molecular formula is C15H10F3NO5. The number of nitro benzene ring substituents is 1. The molecule has 0 spiro atoms. The highest BCUT2D eigenvalue weighted by molar-refractivity contribution is 5.90. The number of aromatic carboxylic acids is 1. The van der Waals surface area contributed by atoms with E-state index in [1.54, 1.807) is 0 Å². The Kier molecular flexibility index (Phi) is 4.45. The molecule has 9 heteroatoms. The Balaban J connectivity index is 2.67. The average Bonchev–Trinajstić information content (AvgIpc) is 2.52. The highest BCUT2D eigenvalue weighted by Crippen LogP contribution is 2.39. The number of rotatable bonds is 4. The number of alkyl halides is 3. The van der Waals surface area contributed by atoms with E-state index in [1.165, 1.54) is 6.07 Å². The molecule has 0 aliphatic carbocycles. The molecule has 0 aliphatic rings. The van der Waals surface area contributed by atoms with E-state index in [-0.39, 0.29) is 11.1 Å². The zero-order chi connectivity index (χ0) is 18.1. The number of halogens is 3. The Labute approximate surface area is 133 Å². The van der Waals surface area contributed by atoms with Crippen LogP contribution in [0.5, 0.6) is 5.75 Å². The third-order valence-corrected chi connectivity index (χ3v) is 3.21. The molecule has 0 aromatic heterocycles. The van der Waals surface area contributed by atoms with Gasteiger partial charge in [-0.05, 0) is 29.3 Å². The summed E-state index contributed by atoms with van der Waals surface area (Å²) in [5, 5.41) is 19.9. The van der Waals surface area contributed by atoms with Crippen LogP contribution in [-0.4, -0.2) is 23.1 Å².